The van der Waals surface area contributed by atoms with Crippen LogP contribution in [0.15, 0.2) is 36.8 Å². The molecule has 1 N–H and O–H groups in total. The number of pyridine rings is 1. The maximum Gasteiger partial charge on any atom is 0.122 e. The normalized spacial score (nSPS) is 11.1. The Morgan fingerprint density at radius 2 is 2.16 bits per heavy atom. The lowest BCUT2D eigenvalue weighted by molar-refractivity contribution is 0.312. The highest BCUT2D eigenvalue weighted by Gasteiger charge is 2.03. The van der Waals surface area contributed by atoms with Gasteiger partial charge in [-0.2, -0.15) is 0 Å². The van der Waals surface area contributed by atoms with E-state index in [9.17, 15) is 0 Å². The molecule has 0 radical (unpaired) electrons. The Kier molecular flexibility index (Phi) is 5.06. The molecule has 0 saturated heterocycles. The molecule has 0 saturated carbocycles. The number of hydrogen-bond acceptors (Lipinski definition) is 4. The maximum atomic E-state index is 4.32. The van der Waals surface area contributed by atoms with Crippen molar-refractivity contribution in [3.05, 3.63) is 48.3 Å². The second-order valence-electron chi connectivity index (χ2n) is 4.69. The molecule has 2 rings (SSSR count). The van der Waals surface area contributed by atoms with E-state index in [1.165, 1.54) is 0 Å². The highest BCUT2D eigenvalue weighted by Crippen LogP contribution is 1.98. The molecular weight excluding hydrogens is 238 g/mol. The lowest BCUT2D eigenvalue weighted by atomic mass is 10.3. The minimum absolute atomic E-state index is 0.817. The van der Waals surface area contributed by atoms with Crippen LogP contribution in [0.2, 0.25) is 0 Å². The van der Waals surface area contributed by atoms with Gasteiger partial charge in [0.25, 0.3) is 0 Å². The fourth-order valence-electron chi connectivity index (χ4n) is 1.86. The molecule has 0 unspecified atom stereocenters. The van der Waals surface area contributed by atoms with Crippen molar-refractivity contribution < 1.29 is 0 Å². The fourth-order valence-corrected chi connectivity index (χ4v) is 1.86. The molecule has 0 spiro atoms. The predicted octanol–water partition coefficient (Wildman–Crippen LogP) is 1.04. The summed E-state index contributed by atoms with van der Waals surface area (Å²) in [4.78, 5) is 10.9. The average molecular weight is 259 g/mol. The van der Waals surface area contributed by atoms with E-state index in [0.717, 1.165) is 37.7 Å². The first-order valence-corrected chi connectivity index (χ1v) is 6.51. The molecule has 0 aromatic carbocycles. The molecule has 102 valence electrons. The monoisotopic (exact) mass is 259 g/mol. The summed E-state index contributed by atoms with van der Waals surface area (Å²) in [5, 5.41) is 3.40. The number of rotatable bonds is 7. The Hall–Kier alpha value is -1.72. The number of aryl methyl sites for hydroxylation is 1. The molecule has 0 aliphatic heterocycles. The second kappa shape index (κ2) is 7.01. The highest BCUT2D eigenvalue weighted by atomic mass is 15.2. The number of aromatic nitrogens is 3. The van der Waals surface area contributed by atoms with Crippen LogP contribution < -0.4 is 5.32 Å². The van der Waals surface area contributed by atoms with Crippen LogP contribution >= 0.6 is 0 Å². The van der Waals surface area contributed by atoms with Crippen molar-refractivity contribution in [2.45, 2.75) is 13.1 Å². The highest BCUT2D eigenvalue weighted by molar-refractivity contribution is 5.02. The minimum atomic E-state index is 0.817. The van der Waals surface area contributed by atoms with Crippen LogP contribution in [-0.4, -0.2) is 39.6 Å². The van der Waals surface area contributed by atoms with Gasteiger partial charge in [0.2, 0.25) is 0 Å². The summed E-state index contributed by atoms with van der Waals surface area (Å²) in [5.74, 6) is 1.09. The van der Waals surface area contributed by atoms with Gasteiger partial charge in [0.15, 0.2) is 0 Å². The predicted molar refractivity (Wildman–Crippen MR) is 75.5 cm³/mol. The average Bonchev–Trinajstić information content (AvgIpc) is 2.82. The summed E-state index contributed by atoms with van der Waals surface area (Å²) in [5.41, 5.74) is 1.08. The van der Waals surface area contributed by atoms with E-state index < -0.39 is 0 Å². The van der Waals surface area contributed by atoms with E-state index in [4.69, 9.17) is 0 Å². The molecule has 5 nitrogen and oxygen atoms in total. The van der Waals surface area contributed by atoms with E-state index >= 15 is 0 Å². The van der Waals surface area contributed by atoms with E-state index in [1.807, 2.05) is 43.8 Å². The lowest BCUT2D eigenvalue weighted by Gasteiger charge is -2.16. The van der Waals surface area contributed by atoms with Crippen LogP contribution in [0.25, 0.3) is 0 Å². The van der Waals surface area contributed by atoms with Gasteiger partial charge in [-0.3, -0.25) is 9.88 Å². The molecule has 2 aromatic rings. The van der Waals surface area contributed by atoms with Crippen molar-refractivity contribution in [3.63, 3.8) is 0 Å². The zero-order valence-corrected chi connectivity index (χ0v) is 11.6. The Bertz CT molecular complexity index is 480. The first kappa shape index (κ1) is 13.7. The smallest absolute Gasteiger partial charge is 0.122 e. The standard InChI is InChI=1S/C14H21N5/c1-18(12-14-17-8-10-19(14)2)9-7-15-11-13-5-3-4-6-16-13/h3-6,8,10,15H,7,9,11-12H2,1-2H3. The molecule has 2 heterocycles. The van der Waals surface area contributed by atoms with Gasteiger partial charge in [0.1, 0.15) is 5.82 Å². The Balaban J connectivity index is 1.64. The van der Waals surface area contributed by atoms with Gasteiger partial charge in [-0.1, -0.05) is 6.07 Å². The molecule has 0 bridgehead atoms. The topological polar surface area (TPSA) is 46.0 Å². The van der Waals surface area contributed by atoms with E-state index in [2.05, 4.69) is 31.8 Å². The van der Waals surface area contributed by atoms with Gasteiger partial charge in [-0.15, -0.1) is 0 Å². The molecule has 2 aromatic heterocycles. The van der Waals surface area contributed by atoms with Gasteiger partial charge in [0.05, 0.1) is 12.2 Å². The van der Waals surface area contributed by atoms with Crippen molar-refractivity contribution >= 4 is 0 Å². The summed E-state index contributed by atoms with van der Waals surface area (Å²) in [6, 6.07) is 5.98. The SMILES string of the molecule is CN(CCNCc1ccccn1)Cc1nccn1C. The molecule has 0 amide bonds. The van der Waals surface area contributed by atoms with Crippen molar-refractivity contribution in [2.75, 3.05) is 20.1 Å². The summed E-state index contributed by atoms with van der Waals surface area (Å²) < 4.78 is 2.05. The third kappa shape index (κ3) is 4.46. The van der Waals surface area contributed by atoms with Crippen LogP contribution in [0.1, 0.15) is 11.5 Å². The maximum absolute atomic E-state index is 4.32. The lowest BCUT2D eigenvalue weighted by Crippen LogP contribution is -2.29. The summed E-state index contributed by atoms with van der Waals surface area (Å²) in [6.45, 7) is 3.61. The van der Waals surface area contributed by atoms with E-state index in [1.54, 1.807) is 0 Å². The minimum Gasteiger partial charge on any atom is -0.337 e. The van der Waals surface area contributed by atoms with Crippen LogP contribution in [0, 0.1) is 0 Å². The van der Waals surface area contributed by atoms with Gasteiger partial charge >= 0.3 is 0 Å². The molecule has 0 fully saturated rings. The number of imidazole rings is 1. The third-order valence-electron chi connectivity index (χ3n) is 3.03. The molecule has 5 heteroatoms. The summed E-state index contributed by atoms with van der Waals surface area (Å²) in [7, 11) is 4.13. The van der Waals surface area contributed by atoms with Gasteiger partial charge in [-0.25, -0.2) is 4.98 Å². The number of nitrogens with one attached hydrogen (secondary N) is 1. The first-order chi connectivity index (χ1) is 9.25. The zero-order valence-electron chi connectivity index (χ0n) is 11.6. The number of hydrogen-bond donors (Lipinski definition) is 1. The molecule has 19 heavy (non-hydrogen) atoms. The summed E-state index contributed by atoms with van der Waals surface area (Å²) in [6.07, 6.45) is 5.63. The number of nitrogens with zero attached hydrogens (tertiary/aromatic N) is 4. The zero-order chi connectivity index (χ0) is 13.5. The van der Waals surface area contributed by atoms with Gasteiger partial charge < -0.3 is 9.88 Å². The van der Waals surface area contributed by atoms with Crippen LogP contribution in [0.5, 0.6) is 0 Å². The van der Waals surface area contributed by atoms with Gasteiger partial charge in [0, 0.05) is 45.3 Å². The van der Waals surface area contributed by atoms with E-state index in [0.29, 0.717) is 0 Å². The Morgan fingerprint density at radius 1 is 1.26 bits per heavy atom. The van der Waals surface area contributed by atoms with E-state index in [-0.39, 0.29) is 0 Å². The molecule has 0 aliphatic carbocycles. The quantitative estimate of drug-likeness (QED) is 0.755. The largest absolute Gasteiger partial charge is 0.337 e. The molecule has 0 atom stereocenters. The van der Waals surface area contributed by atoms with Crippen molar-refractivity contribution in [3.8, 4) is 0 Å². The van der Waals surface area contributed by atoms with Crippen LogP contribution in [0.4, 0.5) is 0 Å². The molecule has 0 aliphatic rings. The van der Waals surface area contributed by atoms with Gasteiger partial charge in [-0.05, 0) is 19.2 Å². The first-order valence-electron chi connectivity index (χ1n) is 6.51. The Morgan fingerprint density at radius 3 is 2.84 bits per heavy atom. The molecular formula is C14H21N5. The fraction of sp³-hybridized carbons (Fsp3) is 0.429. The Labute approximate surface area is 114 Å². The van der Waals surface area contributed by atoms with Crippen molar-refractivity contribution in [1.82, 2.24) is 24.8 Å². The van der Waals surface area contributed by atoms with Crippen LogP contribution in [-0.2, 0) is 20.1 Å². The van der Waals surface area contributed by atoms with Crippen molar-refractivity contribution in [2.24, 2.45) is 7.05 Å². The third-order valence-corrected chi connectivity index (χ3v) is 3.03. The van der Waals surface area contributed by atoms with Crippen molar-refractivity contribution in [1.29, 1.82) is 0 Å². The van der Waals surface area contributed by atoms with Crippen LogP contribution in [0.3, 0.4) is 0 Å². The summed E-state index contributed by atoms with van der Waals surface area (Å²) >= 11 is 0. The second-order valence-corrected chi connectivity index (χ2v) is 4.69. The number of likely N-dealkylation sites (N-methyl/N-ethyl adjacent to an activating group) is 1.